The predicted octanol–water partition coefficient (Wildman–Crippen LogP) is 7.19. The van der Waals surface area contributed by atoms with Crippen molar-refractivity contribution < 1.29 is 34.1 Å². The Morgan fingerprint density at radius 1 is 0.778 bits per heavy atom. The van der Waals surface area contributed by atoms with Crippen molar-refractivity contribution in [2.45, 2.75) is 116 Å². The van der Waals surface area contributed by atoms with Crippen molar-refractivity contribution in [3.63, 3.8) is 0 Å². The summed E-state index contributed by atoms with van der Waals surface area (Å²) < 4.78 is 5.72. The van der Waals surface area contributed by atoms with Gasteiger partial charge in [-0.3, -0.25) is 9.79 Å². The molecule has 1 atom stereocenters. The van der Waals surface area contributed by atoms with Crippen molar-refractivity contribution in [2.75, 3.05) is 0 Å². The zero-order valence-electron chi connectivity index (χ0n) is 28.1. The third kappa shape index (κ3) is 8.88. The lowest BCUT2D eigenvalue weighted by Gasteiger charge is -2.48. The van der Waals surface area contributed by atoms with Crippen LogP contribution in [-0.2, 0) is 41.4 Å². The van der Waals surface area contributed by atoms with E-state index in [1.54, 1.807) is 46.8 Å². The standard InChI is InChI=1S/C34H46N4O7/c1-23(44-28(41)37-33(8,9)26-14-12-24(13-15-26)31(4,5)35-21-39)20-30(2,3)38(29(42)45-43)34(10,11)27-18-16-25(17-19-27)32(6,7)36-22-40/h12-19,23,43H,20H2,1-11H3,(H,37,41). The number of rotatable bonds is 12. The summed E-state index contributed by atoms with van der Waals surface area (Å²) in [6.07, 6.45) is 1.15. The van der Waals surface area contributed by atoms with Gasteiger partial charge in [-0.25, -0.2) is 19.2 Å². The molecule has 0 aliphatic heterocycles. The lowest BCUT2D eigenvalue weighted by Crippen LogP contribution is -2.58. The maximum atomic E-state index is 13.0. The molecule has 0 saturated heterocycles. The van der Waals surface area contributed by atoms with E-state index in [9.17, 15) is 24.4 Å². The minimum absolute atomic E-state index is 0.208. The quantitative estimate of drug-likeness (QED) is 0.110. The SMILES string of the molecule is CC(CC(C)(C)N(C(=O)OO)C(C)(C)c1ccc(C(C)(C)N=C=O)cc1)OC(=O)NC(C)(C)c1ccc(C(C)(C)N=C=O)cc1. The molecule has 0 bridgehead atoms. The molecule has 2 amide bonds. The topological polar surface area (TPSA) is 147 Å². The van der Waals surface area contributed by atoms with E-state index in [4.69, 9.17) is 4.74 Å². The Balaban J connectivity index is 2.22. The highest BCUT2D eigenvalue weighted by atomic mass is 17.1. The second-order valence-corrected chi connectivity index (χ2v) is 13.9. The maximum absolute atomic E-state index is 13.0. The summed E-state index contributed by atoms with van der Waals surface area (Å²) in [7, 11) is 0. The largest absolute Gasteiger partial charge is 0.446 e. The van der Waals surface area contributed by atoms with E-state index in [0.29, 0.717) is 0 Å². The summed E-state index contributed by atoms with van der Waals surface area (Å²) in [6, 6.07) is 14.7. The number of benzene rings is 2. The molecule has 11 heteroatoms. The van der Waals surface area contributed by atoms with E-state index in [1.807, 2.05) is 90.1 Å². The van der Waals surface area contributed by atoms with Gasteiger partial charge in [0.1, 0.15) is 6.10 Å². The molecule has 0 aliphatic rings. The summed E-state index contributed by atoms with van der Waals surface area (Å²) in [6.45, 7) is 19.8. The summed E-state index contributed by atoms with van der Waals surface area (Å²) in [5.41, 5.74) is -1.10. The first kappa shape index (κ1) is 36.9. The van der Waals surface area contributed by atoms with Crippen LogP contribution in [-0.4, -0.2) is 46.1 Å². The van der Waals surface area contributed by atoms with Crippen LogP contribution in [0.5, 0.6) is 0 Å². The monoisotopic (exact) mass is 622 g/mol. The Hall–Kier alpha value is -4.30. The molecular formula is C34H46N4O7. The molecular weight excluding hydrogens is 576 g/mol. The molecule has 2 aromatic rings. The second kappa shape index (κ2) is 13.8. The van der Waals surface area contributed by atoms with Crippen molar-refractivity contribution in [1.82, 2.24) is 10.2 Å². The molecule has 1 unspecified atom stereocenters. The third-order valence-electron chi connectivity index (χ3n) is 8.20. The van der Waals surface area contributed by atoms with Crippen LogP contribution in [0.4, 0.5) is 9.59 Å². The fraction of sp³-hybridized carbons (Fsp3) is 0.529. The van der Waals surface area contributed by atoms with E-state index >= 15 is 0 Å². The van der Waals surface area contributed by atoms with Crippen LogP contribution in [0, 0.1) is 0 Å². The van der Waals surface area contributed by atoms with Crippen LogP contribution in [0.2, 0.25) is 0 Å². The van der Waals surface area contributed by atoms with E-state index in [-0.39, 0.29) is 6.42 Å². The zero-order chi connectivity index (χ0) is 34.4. The van der Waals surface area contributed by atoms with Gasteiger partial charge in [-0.2, -0.15) is 15.2 Å². The van der Waals surface area contributed by atoms with Crippen molar-refractivity contribution in [3.8, 4) is 0 Å². The van der Waals surface area contributed by atoms with Crippen LogP contribution in [0.1, 0.15) is 105 Å². The number of nitrogens with one attached hydrogen (secondary N) is 1. The van der Waals surface area contributed by atoms with Crippen molar-refractivity contribution in [2.24, 2.45) is 9.98 Å². The normalized spacial score (nSPS) is 13.1. The summed E-state index contributed by atoms with van der Waals surface area (Å²) in [5.74, 6) is 0. The van der Waals surface area contributed by atoms with Crippen molar-refractivity contribution >= 4 is 24.3 Å². The van der Waals surface area contributed by atoms with Crippen LogP contribution < -0.4 is 5.32 Å². The van der Waals surface area contributed by atoms with Crippen LogP contribution in [0.15, 0.2) is 58.5 Å². The number of carbonyl (C=O) groups is 2. The third-order valence-corrected chi connectivity index (χ3v) is 8.20. The first-order chi connectivity index (χ1) is 20.6. The van der Waals surface area contributed by atoms with E-state index in [2.05, 4.69) is 20.2 Å². The number of hydrogen-bond donors (Lipinski definition) is 2. The predicted molar refractivity (Wildman–Crippen MR) is 170 cm³/mol. The zero-order valence-corrected chi connectivity index (χ0v) is 28.1. The highest BCUT2D eigenvalue weighted by Gasteiger charge is 2.45. The second-order valence-electron chi connectivity index (χ2n) is 13.9. The lowest BCUT2D eigenvalue weighted by atomic mass is 9.83. The number of nitrogens with zero attached hydrogens (tertiary/aromatic N) is 3. The van der Waals surface area contributed by atoms with Crippen LogP contribution in [0.25, 0.3) is 0 Å². The summed E-state index contributed by atoms with van der Waals surface area (Å²) in [5, 5.41) is 12.3. The van der Waals surface area contributed by atoms with Gasteiger partial charge in [0.2, 0.25) is 12.2 Å². The molecule has 11 nitrogen and oxygen atoms in total. The number of isocyanates is 2. The Labute approximate surface area is 265 Å². The molecule has 0 fully saturated rings. The van der Waals surface area contributed by atoms with Gasteiger partial charge in [0.25, 0.3) is 0 Å². The minimum Gasteiger partial charge on any atom is -0.446 e. The van der Waals surface area contributed by atoms with Gasteiger partial charge in [0.05, 0.1) is 22.2 Å². The van der Waals surface area contributed by atoms with Gasteiger partial charge in [-0.05, 0) is 98.4 Å². The number of ether oxygens (including phenoxy) is 1. The molecule has 0 heterocycles. The smallest absolute Gasteiger partial charge is 0.442 e. The first-order valence-corrected chi connectivity index (χ1v) is 14.7. The van der Waals surface area contributed by atoms with Crippen LogP contribution >= 0.6 is 0 Å². The van der Waals surface area contributed by atoms with Gasteiger partial charge in [0, 0.05) is 12.0 Å². The highest BCUT2D eigenvalue weighted by Crippen LogP contribution is 2.38. The Morgan fingerprint density at radius 2 is 1.18 bits per heavy atom. The molecule has 2 rings (SSSR count). The fourth-order valence-electron chi connectivity index (χ4n) is 5.72. The molecule has 0 radical (unpaired) electrons. The minimum atomic E-state index is -0.984. The molecule has 2 aromatic carbocycles. The number of amides is 2. The van der Waals surface area contributed by atoms with E-state index < -0.39 is 46.0 Å². The fourth-order valence-corrected chi connectivity index (χ4v) is 5.72. The van der Waals surface area contributed by atoms with Gasteiger partial charge in [0.15, 0.2) is 0 Å². The molecule has 0 aliphatic carbocycles. The average Bonchev–Trinajstić information content (AvgIpc) is 2.92. The highest BCUT2D eigenvalue weighted by molar-refractivity contribution is 5.70. The van der Waals surface area contributed by atoms with Crippen LogP contribution in [0.3, 0.4) is 0 Å². The average molecular weight is 623 g/mol. The Bertz CT molecular complexity index is 1450. The molecule has 0 spiro atoms. The number of aliphatic imine (C=N–C) groups is 2. The van der Waals surface area contributed by atoms with Gasteiger partial charge >= 0.3 is 12.2 Å². The lowest BCUT2D eigenvalue weighted by molar-refractivity contribution is -0.200. The van der Waals surface area contributed by atoms with Gasteiger partial charge in [-0.1, -0.05) is 48.5 Å². The summed E-state index contributed by atoms with van der Waals surface area (Å²) >= 11 is 0. The Kier molecular flexibility index (Phi) is 11.3. The molecule has 0 saturated carbocycles. The Morgan fingerprint density at radius 3 is 1.58 bits per heavy atom. The van der Waals surface area contributed by atoms with Gasteiger partial charge < -0.3 is 10.1 Å². The molecule has 0 aromatic heterocycles. The number of alkyl carbamates (subject to hydrolysis) is 1. The molecule has 2 N–H and O–H groups in total. The maximum Gasteiger partial charge on any atom is 0.442 e. The number of carbonyl (C=O) groups excluding carboxylic acids is 4. The van der Waals surface area contributed by atoms with Crippen molar-refractivity contribution in [1.29, 1.82) is 0 Å². The van der Waals surface area contributed by atoms with Crippen molar-refractivity contribution in [3.05, 3.63) is 70.8 Å². The number of hydrogen-bond acceptors (Lipinski definition) is 9. The van der Waals surface area contributed by atoms with E-state index in [0.717, 1.165) is 22.3 Å². The molecule has 244 valence electrons. The summed E-state index contributed by atoms with van der Waals surface area (Å²) in [4.78, 5) is 61.0. The first-order valence-electron chi connectivity index (χ1n) is 14.7. The van der Waals surface area contributed by atoms with Gasteiger partial charge in [-0.15, -0.1) is 0 Å². The molecule has 45 heavy (non-hydrogen) atoms. The van der Waals surface area contributed by atoms with E-state index in [1.165, 1.54) is 4.90 Å².